The third-order valence-corrected chi connectivity index (χ3v) is 6.81. The molecule has 35 heavy (non-hydrogen) atoms. The molecule has 0 fully saturated rings. The number of amides is 2. The van der Waals surface area contributed by atoms with Gasteiger partial charge in [0.05, 0.1) is 19.1 Å². The second kappa shape index (κ2) is 12.3. The maximum Gasteiger partial charge on any atom is 0.244 e. The third-order valence-electron chi connectivity index (χ3n) is 5.45. The largest absolute Gasteiger partial charge is 0.497 e. The van der Waals surface area contributed by atoms with Crippen LogP contribution in [0.1, 0.15) is 31.9 Å². The summed E-state index contributed by atoms with van der Waals surface area (Å²) in [7, 11) is -2.27. The van der Waals surface area contributed by atoms with E-state index in [1.165, 1.54) is 4.90 Å². The lowest BCUT2D eigenvalue weighted by molar-refractivity contribution is -0.139. The van der Waals surface area contributed by atoms with Crippen molar-refractivity contribution in [2.24, 2.45) is 5.92 Å². The molecular formula is C25H34ClN3O5S. The summed E-state index contributed by atoms with van der Waals surface area (Å²) in [5, 5.41) is 3.31. The van der Waals surface area contributed by atoms with E-state index in [1.54, 1.807) is 57.4 Å². The van der Waals surface area contributed by atoms with Crippen molar-refractivity contribution in [2.45, 2.75) is 40.3 Å². The molecule has 2 aromatic rings. The lowest BCUT2D eigenvalue weighted by atomic mass is 10.1. The van der Waals surface area contributed by atoms with Crippen LogP contribution in [0.3, 0.4) is 0 Å². The minimum absolute atomic E-state index is 0.101. The van der Waals surface area contributed by atoms with Crippen LogP contribution >= 0.6 is 11.6 Å². The molecule has 2 rings (SSSR count). The Hall–Kier alpha value is -2.78. The van der Waals surface area contributed by atoms with Crippen molar-refractivity contribution in [1.82, 2.24) is 10.2 Å². The van der Waals surface area contributed by atoms with Gasteiger partial charge in [0.2, 0.25) is 21.8 Å². The molecule has 8 nitrogen and oxygen atoms in total. The number of rotatable bonds is 11. The number of hydrogen-bond acceptors (Lipinski definition) is 5. The number of nitrogens with zero attached hydrogens (tertiary/aromatic N) is 2. The average Bonchev–Trinajstić information content (AvgIpc) is 2.78. The molecule has 0 spiro atoms. The van der Waals surface area contributed by atoms with Gasteiger partial charge in [-0.15, -0.1) is 0 Å². The molecule has 0 heterocycles. The first-order valence-corrected chi connectivity index (χ1v) is 13.5. The fraction of sp³-hybridized carbons (Fsp3) is 0.440. The zero-order valence-corrected chi connectivity index (χ0v) is 22.6. The number of carbonyl (C=O) groups is 2. The van der Waals surface area contributed by atoms with Crippen molar-refractivity contribution < 1.29 is 22.7 Å². The van der Waals surface area contributed by atoms with Crippen LogP contribution in [-0.4, -0.2) is 57.6 Å². The molecule has 1 atom stereocenters. The Morgan fingerprint density at radius 3 is 2.37 bits per heavy atom. The lowest BCUT2D eigenvalue weighted by Crippen LogP contribution is -2.51. The van der Waals surface area contributed by atoms with E-state index in [9.17, 15) is 18.0 Å². The predicted octanol–water partition coefficient (Wildman–Crippen LogP) is 3.61. The summed E-state index contributed by atoms with van der Waals surface area (Å²) >= 11 is 6.04. The van der Waals surface area contributed by atoms with E-state index in [2.05, 4.69) is 5.32 Å². The first-order chi connectivity index (χ1) is 16.3. The number of halogens is 1. The molecule has 1 unspecified atom stereocenters. The second-order valence-corrected chi connectivity index (χ2v) is 11.2. The Balaban J connectivity index is 2.41. The second-order valence-electron chi connectivity index (χ2n) is 8.89. The number of sulfonamides is 1. The Morgan fingerprint density at radius 1 is 1.11 bits per heavy atom. The van der Waals surface area contributed by atoms with Crippen molar-refractivity contribution >= 4 is 39.1 Å². The topological polar surface area (TPSA) is 96.0 Å². The molecule has 0 bridgehead atoms. The molecular weight excluding hydrogens is 490 g/mol. The zero-order valence-electron chi connectivity index (χ0n) is 21.0. The highest BCUT2D eigenvalue weighted by Gasteiger charge is 2.30. The maximum atomic E-state index is 13.6. The number of ether oxygens (including phenoxy) is 1. The van der Waals surface area contributed by atoms with E-state index >= 15 is 0 Å². The Bertz CT molecular complexity index is 1150. The number of carbonyl (C=O) groups excluding carboxylic acids is 2. The number of benzene rings is 2. The van der Waals surface area contributed by atoms with Crippen molar-refractivity contribution in [2.75, 3.05) is 30.8 Å². The summed E-state index contributed by atoms with van der Waals surface area (Å²) < 4.78 is 31.7. The molecule has 192 valence electrons. The molecule has 1 N–H and O–H groups in total. The van der Waals surface area contributed by atoms with E-state index in [0.29, 0.717) is 28.6 Å². The normalized spacial score (nSPS) is 12.2. The van der Waals surface area contributed by atoms with E-state index < -0.39 is 28.5 Å². The number of anilines is 1. The summed E-state index contributed by atoms with van der Waals surface area (Å²) in [5.74, 6) is 0.0203. The summed E-state index contributed by atoms with van der Waals surface area (Å²) in [4.78, 5) is 27.8. The van der Waals surface area contributed by atoms with E-state index in [-0.39, 0.29) is 18.4 Å². The highest BCUT2D eigenvalue weighted by Crippen LogP contribution is 2.26. The van der Waals surface area contributed by atoms with Crippen LogP contribution in [-0.2, 0) is 26.2 Å². The summed E-state index contributed by atoms with van der Waals surface area (Å²) in [6.45, 7) is 7.40. The van der Waals surface area contributed by atoms with Crippen molar-refractivity contribution in [3.8, 4) is 5.75 Å². The minimum Gasteiger partial charge on any atom is -0.497 e. The molecule has 0 saturated carbocycles. The zero-order chi connectivity index (χ0) is 26.3. The van der Waals surface area contributed by atoms with Gasteiger partial charge in [-0.2, -0.15) is 0 Å². The van der Waals surface area contributed by atoms with Gasteiger partial charge in [-0.1, -0.05) is 37.6 Å². The Morgan fingerprint density at radius 2 is 1.80 bits per heavy atom. The first-order valence-electron chi connectivity index (χ1n) is 11.3. The van der Waals surface area contributed by atoms with Gasteiger partial charge in [-0.05, 0) is 61.2 Å². The van der Waals surface area contributed by atoms with Crippen LogP contribution in [0.25, 0.3) is 0 Å². The maximum absolute atomic E-state index is 13.6. The Labute approximate surface area is 213 Å². The van der Waals surface area contributed by atoms with Crippen molar-refractivity contribution in [3.63, 3.8) is 0 Å². The highest BCUT2D eigenvalue weighted by molar-refractivity contribution is 7.92. The molecule has 0 aliphatic rings. The van der Waals surface area contributed by atoms with Gasteiger partial charge in [0.1, 0.15) is 18.3 Å². The predicted molar refractivity (Wildman–Crippen MR) is 139 cm³/mol. The van der Waals surface area contributed by atoms with E-state index in [1.807, 2.05) is 19.9 Å². The molecule has 2 amide bonds. The van der Waals surface area contributed by atoms with Gasteiger partial charge in [-0.25, -0.2) is 8.42 Å². The molecule has 10 heteroatoms. The average molecular weight is 524 g/mol. The standard InChI is InChI=1S/C25H34ClN3O5S/c1-17(2)14-27-25(31)19(4)28(15-20-8-7-9-22(13-20)34-5)24(30)16-29(35(6,32)33)23-11-10-21(26)12-18(23)3/h7-13,17,19H,14-16H2,1-6H3,(H,27,31). The van der Waals surface area contributed by atoms with Crippen LogP contribution in [0.5, 0.6) is 5.75 Å². The quantitative estimate of drug-likeness (QED) is 0.485. The first kappa shape index (κ1) is 28.5. The highest BCUT2D eigenvalue weighted by atomic mass is 35.5. The van der Waals surface area contributed by atoms with E-state index in [0.717, 1.165) is 16.1 Å². The number of hydrogen-bond donors (Lipinski definition) is 1. The monoisotopic (exact) mass is 523 g/mol. The summed E-state index contributed by atoms with van der Waals surface area (Å²) in [5.41, 5.74) is 1.70. The molecule has 0 aromatic heterocycles. The van der Waals surface area contributed by atoms with Crippen molar-refractivity contribution in [3.05, 3.63) is 58.6 Å². The van der Waals surface area contributed by atoms with E-state index in [4.69, 9.17) is 16.3 Å². The molecule has 0 aliphatic carbocycles. The molecule has 0 radical (unpaired) electrons. The van der Waals surface area contributed by atoms with Crippen LogP contribution in [0.15, 0.2) is 42.5 Å². The summed E-state index contributed by atoms with van der Waals surface area (Å²) in [6, 6.07) is 11.1. The Kier molecular flexibility index (Phi) is 9.97. The number of aryl methyl sites for hydroxylation is 1. The third kappa shape index (κ3) is 8.14. The van der Waals surface area contributed by atoms with Crippen molar-refractivity contribution in [1.29, 1.82) is 0 Å². The fourth-order valence-electron chi connectivity index (χ4n) is 3.50. The van der Waals surface area contributed by atoms with Gasteiger partial charge >= 0.3 is 0 Å². The number of methoxy groups -OCH3 is 1. The SMILES string of the molecule is COc1cccc(CN(C(=O)CN(c2ccc(Cl)cc2C)S(C)(=O)=O)C(C)C(=O)NCC(C)C)c1. The van der Waals surface area contributed by atoms with Gasteiger partial charge in [0.25, 0.3) is 0 Å². The van der Waals surface area contributed by atoms with Gasteiger partial charge in [-0.3, -0.25) is 13.9 Å². The molecule has 0 saturated heterocycles. The number of nitrogens with one attached hydrogen (secondary N) is 1. The van der Waals surface area contributed by atoms with Crippen LogP contribution in [0.2, 0.25) is 5.02 Å². The lowest BCUT2D eigenvalue weighted by Gasteiger charge is -2.32. The van der Waals surface area contributed by atoms with Gasteiger partial charge in [0.15, 0.2) is 0 Å². The fourth-order valence-corrected chi connectivity index (χ4v) is 4.63. The minimum atomic E-state index is -3.81. The summed E-state index contributed by atoms with van der Waals surface area (Å²) in [6.07, 6.45) is 1.04. The molecule has 2 aromatic carbocycles. The van der Waals surface area contributed by atoms with Crippen LogP contribution in [0.4, 0.5) is 5.69 Å². The van der Waals surface area contributed by atoms with Gasteiger partial charge in [0, 0.05) is 18.1 Å². The smallest absolute Gasteiger partial charge is 0.244 e. The van der Waals surface area contributed by atoms with Crippen LogP contribution in [0, 0.1) is 12.8 Å². The van der Waals surface area contributed by atoms with Gasteiger partial charge < -0.3 is 15.0 Å². The molecule has 0 aliphatic heterocycles. The van der Waals surface area contributed by atoms with Crippen LogP contribution < -0.4 is 14.4 Å².